The summed E-state index contributed by atoms with van der Waals surface area (Å²) in [5, 5.41) is 3.66. The highest BCUT2D eigenvalue weighted by Gasteiger charge is 2.62. The van der Waals surface area contributed by atoms with Gasteiger partial charge in [-0.1, -0.05) is 18.2 Å². The Labute approximate surface area is 137 Å². The molecule has 3 heteroatoms. The number of benzene rings is 1. The fourth-order valence-electron chi connectivity index (χ4n) is 5.18. The van der Waals surface area contributed by atoms with Crippen molar-refractivity contribution < 1.29 is 0 Å². The number of allylic oxidation sites excluding steroid dienone is 2. The van der Waals surface area contributed by atoms with E-state index < -0.39 is 0 Å². The van der Waals surface area contributed by atoms with E-state index in [0.717, 1.165) is 47.7 Å². The lowest BCUT2D eigenvalue weighted by atomic mass is 9.89. The summed E-state index contributed by atoms with van der Waals surface area (Å²) in [5.74, 6) is 3.63. The second kappa shape index (κ2) is 4.70. The lowest BCUT2D eigenvalue weighted by Crippen LogP contribution is -2.26. The molecule has 0 saturated heterocycles. The molecule has 2 aromatic rings. The van der Waals surface area contributed by atoms with Gasteiger partial charge in [0.2, 0.25) is 0 Å². The molecule has 5 rings (SSSR count). The molecule has 2 saturated carbocycles. The van der Waals surface area contributed by atoms with Gasteiger partial charge in [-0.2, -0.15) is 0 Å². The van der Waals surface area contributed by atoms with Crippen LogP contribution in [0.2, 0.25) is 0 Å². The van der Waals surface area contributed by atoms with Gasteiger partial charge in [0, 0.05) is 0 Å². The van der Waals surface area contributed by atoms with Crippen LogP contribution in [-0.2, 0) is 6.54 Å². The van der Waals surface area contributed by atoms with E-state index in [1.165, 1.54) is 30.4 Å². The highest BCUT2D eigenvalue weighted by molar-refractivity contribution is 5.79. The van der Waals surface area contributed by atoms with Gasteiger partial charge in [-0.05, 0) is 80.0 Å². The third-order valence-corrected chi connectivity index (χ3v) is 6.77. The van der Waals surface area contributed by atoms with Crippen LogP contribution >= 0.6 is 0 Å². The quantitative estimate of drug-likeness (QED) is 0.842. The van der Waals surface area contributed by atoms with Gasteiger partial charge in [-0.3, -0.25) is 0 Å². The van der Waals surface area contributed by atoms with Crippen LogP contribution in [0.5, 0.6) is 0 Å². The van der Waals surface area contributed by atoms with Crippen LogP contribution in [0.4, 0.5) is 0 Å². The number of nitrogens with one attached hydrogen (secondary N) is 2. The molecule has 120 valence electrons. The second-order valence-corrected chi connectivity index (χ2v) is 7.96. The van der Waals surface area contributed by atoms with Gasteiger partial charge in [-0.25, -0.2) is 4.98 Å². The Morgan fingerprint density at radius 3 is 2.91 bits per heavy atom. The number of rotatable bonds is 4. The first-order valence-corrected chi connectivity index (χ1v) is 9.01. The third kappa shape index (κ3) is 1.96. The number of imidazole rings is 1. The smallest absolute Gasteiger partial charge is 0.121 e. The van der Waals surface area contributed by atoms with Gasteiger partial charge in [-0.15, -0.1) is 0 Å². The van der Waals surface area contributed by atoms with E-state index >= 15 is 0 Å². The number of nitrogens with zero attached hydrogens (tertiary/aromatic N) is 1. The average Bonchev–Trinajstić information content (AvgIpc) is 3.02. The number of fused-ring (bicyclic) bond motifs is 1. The fourth-order valence-corrected chi connectivity index (χ4v) is 5.18. The third-order valence-electron chi connectivity index (χ3n) is 6.77. The molecule has 1 aromatic carbocycles. The lowest BCUT2D eigenvalue weighted by Gasteiger charge is -2.20. The average molecular weight is 307 g/mol. The first-order chi connectivity index (χ1) is 11.2. The van der Waals surface area contributed by atoms with Crippen molar-refractivity contribution in [2.24, 2.45) is 23.2 Å². The molecule has 3 aliphatic rings. The zero-order chi connectivity index (χ0) is 15.6. The summed E-state index contributed by atoms with van der Waals surface area (Å²) < 4.78 is 0. The Balaban J connectivity index is 1.25. The summed E-state index contributed by atoms with van der Waals surface area (Å²) in [6.45, 7) is 6.28. The van der Waals surface area contributed by atoms with E-state index in [1.54, 1.807) is 0 Å². The van der Waals surface area contributed by atoms with E-state index in [4.69, 9.17) is 4.98 Å². The van der Waals surface area contributed by atoms with E-state index in [-0.39, 0.29) is 0 Å². The van der Waals surface area contributed by atoms with Crippen molar-refractivity contribution >= 4 is 11.0 Å². The maximum absolute atomic E-state index is 4.79. The van der Waals surface area contributed by atoms with E-state index in [2.05, 4.69) is 48.4 Å². The molecular weight excluding hydrogens is 282 g/mol. The minimum atomic E-state index is 0.709. The number of H-pyrrole nitrogens is 1. The van der Waals surface area contributed by atoms with Gasteiger partial charge in [0.1, 0.15) is 5.82 Å². The maximum Gasteiger partial charge on any atom is 0.121 e. The molecular formula is C20H25N3. The van der Waals surface area contributed by atoms with Gasteiger partial charge in [0.15, 0.2) is 0 Å². The first kappa shape index (κ1) is 13.8. The van der Waals surface area contributed by atoms with E-state index in [1.807, 2.05) is 0 Å². The second-order valence-electron chi connectivity index (χ2n) is 7.96. The zero-order valence-corrected chi connectivity index (χ0v) is 14.0. The summed E-state index contributed by atoms with van der Waals surface area (Å²) >= 11 is 0. The van der Waals surface area contributed by atoms with Crippen molar-refractivity contribution in [3.8, 4) is 0 Å². The normalized spacial score (nSPS) is 29.9. The minimum Gasteiger partial charge on any atom is -0.341 e. The van der Waals surface area contributed by atoms with Crippen LogP contribution in [0, 0.1) is 37.0 Å². The Bertz CT molecular complexity index is 797. The number of aromatic amines is 1. The highest BCUT2D eigenvalue weighted by atomic mass is 15.0. The molecule has 1 heterocycles. The number of aryl methyl sites for hydroxylation is 2. The summed E-state index contributed by atoms with van der Waals surface area (Å²) in [5.41, 5.74) is 5.59. The molecule has 1 spiro atoms. The first-order valence-electron chi connectivity index (χ1n) is 9.01. The number of hydrogen-bond acceptors (Lipinski definition) is 2. The molecule has 1 aromatic heterocycles. The Morgan fingerprint density at radius 2 is 2.13 bits per heavy atom. The van der Waals surface area contributed by atoms with Crippen molar-refractivity contribution in [2.45, 2.75) is 39.7 Å². The molecule has 2 N–H and O–H groups in total. The minimum absolute atomic E-state index is 0.709. The van der Waals surface area contributed by atoms with Gasteiger partial charge >= 0.3 is 0 Å². The van der Waals surface area contributed by atoms with Crippen LogP contribution in [0.1, 0.15) is 36.2 Å². The van der Waals surface area contributed by atoms with Crippen molar-refractivity contribution in [3.63, 3.8) is 0 Å². The summed E-state index contributed by atoms with van der Waals surface area (Å²) in [6, 6.07) is 4.31. The standard InChI is InChI=1S/C20H25N3/c1-12-3-6-17-19(13(12)2)23-18(22-17)11-21-10-14-9-15-4-5-16(14)20(15)7-8-20/h3-6,14-16,21H,7-11H2,1-2H3,(H,22,23)/t14-,15-,16-/m0/s1. The largest absolute Gasteiger partial charge is 0.341 e. The highest BCUT2D eigenvalue weighted by Crippen LogP contribution is 2.69. The molecule has 3 aliphatic carbocycles. The van der Waals surface area contributed by atoms with Crippen LogP contribution in [0.25, 0.3) is 11.0 Å². The molecule has 0 radical (unpaired) electrons. The summed E-state index contributed by atoms with van der Waals surface area (Å²) in [6.07, 6.45) is 9.34. The lowest BCUT2D eigenvalue weighted by molar-refractivity contribution is 0.350. The van der Waals surface area contributed by atoms with Gasteiger partial charge in [0.05, 0.1) is 17.6 Å². The summed E-state index contributed by atoms with van der Waals surface area (Å²) in [4.78, 5) is 8.26. The van der Waals surface area contributed by atoms with Crippen molar-refractivity contribution in [1.29, 1.82) is 0 Å². The topological polar surface area (TPSA) is 40.7 Å². The molecule has 0 amide bonds. The van der Waals surface area contributed by atoms with Crippen LogP contribution in [0.3, 0.4) is 0 Å². The predicted octanol–water partition coefficient (Wildman–Crippen LogP) is 3.87. The monoisotopic (exact) mass is 307 g/mol. The van der Waals surface area contributed by atoms with Crippen LogP contribution < -0.4 is 5.32 Å². The fraction of sp³-hybridized carbons (Fsp3) is 0.550. The molecule has 3 atom stereocenters. The Kier molecular flexibility index (Phi) is 2.82. The number of aromatic nitrogens is 2. The predicted molar refractivity (Wildman–Crippen MR) is 93.2 cm³/mol. The van der Waals surface area contributed by atoms with Crippen molar-refractivity contribution in [2.75, 3.05) is 6.54 Å². The maximum atomic E-state index is 4.79. The SMILES string of the molecule is Cc1ccc2[nH]c(CNC[C@@H]3C[C@@H]4C=C[C@@H]3C43CC3)nc2c1C. The summed E-state index contributed by atoms with van der Waals surface area (Å²) in [7, 11) is 0. The van der Waals surface area contributed by atoms with Crippen molar-refractivity contribution in [3.05, 3.63) is 41.2 Å². The Morgan fingerprint density at radius 1 is 1.26 bits per heavy atom. The van der Waals surface area contributed by atoms with Crippen LogP contribution in [0.15, 0.2) is 24.3 Å². The molecule has 2 fully saturated rings. The molecule has 0 unspecified atom stereocenters. The number of hydrogen-bond donors (Lipinski definition) is 2. The zero-order valence-electron chi connectivity index (χ0n) is 14.0. The molecule has 23 heavy (non-hydrogen) atoms. The van der Waals surface area contributed by atoms with Crippen LogP contribution in [-0.4, -0.2) is 16.5 Å². The molecule has 2 bridgehead atoms. The van der Waals surface area contributed by atoms with Gasteiger partial charge < -0.3 is 10.3 Å². The molecule has 3 nitrogen and oxygen atoms in total. The van der Waals surface area contributed by atoms with E-state index in [0.29, 0.717) is 5.41 Å². The molecule has 0 aliphatic heterocycles. The van der Waals surface area contributed by atoms with Gasteiger partial charge in [0.25, 0.3) is 0 Å². The Hall–Kier alpha value is -1.61. The van der Waals surface area contributed by atoms with E-state index in [9.17, 15) is 0 Å². The van der Waals surface area contributed by atoms with Crippen molar-refractivity contribution in [1.82, 2.24) is 15.3 Å².